The predicted molar refractivity (Wildman–Crippen MR) is 94.5 cm³/mol. The molecule has 0 saturated carbocycles. The Balaban J connectivity index is 1.59. The van der Waals surface area contributed by atoms with E-state index in [1.165, 1.54) is 6.07 Å². The Morgan fingerprint density at radius 1 is 1.04 bits per heavy atom. The zero-order valence-corrected chi connectivity index (χ0v) is 14.6. The van der Waals surface area contributed by atoms with Gasteiger partial charge in [-0.25, -0.2) is 4.98 Å². The first kappa shape index (κ1) is 19.0. The summed E-state index contributed by atoms with van der Waals surface area (Å²) in [6.45, 7) is 2.22. The minimum absolute atomic E-state index is 0.0112. The lowest BCUT2D eigenvalue weighted by molar-refractivity contribution is -0.137. The molecule has 5 nitrogen and oxygen atoms in total. The van der Waals surface area contributed by atoms with E-state index in [9.17, 15) is 23.1 Å². The topological polar surface area (TPSA) is 56.7 Å². The van der Waals surface area contributed by atoms with Gasteiger partial charge in [0.1, 0.15) is 11.6 Å². The predicted octanol–water partition coefficient (Wildman–Crippen LogP) is 3.09. The van der Waals surface area contributed by atoms with E-state index in [2.05, 4.69) is 4.98 Å². The first-order valence-corrected chi connectivity index (χ1v) is 8.67. The number of carbonyl (C=O) groups is 1. The third-order valence-corrected chi connectivity index (χ3v) is 4.54. The van der Waals surface area contributed by atoms with Crippen molar-refractivity contribution in [3.63, 3.8) is 0 Å². The normalized spacial score (nSPS) is 15.5. The molecule has 0 radical (unpaired) electrons. The fraction of sp³-hybridized carbons (Fsp3) is 0.368. The van der Waals surface area contributed by atoms with E-state index in [4.69, 9.17) is 0 Å². The molecule has 0 spiro atoms. The summed E-state index contributed by atoms with van der Waals surface area (Å²) in [4.78, 5) is 20.1. The molecule has 1 fully saturated rings. The van der Waals surface area contributed by atoms with Crippen molar-refractivity contribution in [2.45, 2.75) is 19.0 Å². The number of phenols is 1. The summed E-state index contributed by atoms with van der Waals surface area (Å²) in [5, 5.41) is 9.31. The van der Waals surface area contributed by atoms with Gasteiger partial charge in [0, 0.05) is 32.4 Å². The number of carbonyl (C=O) groups excluding carboxylic acids is 1. The second kappa shape index (κ2) is 7.85. The van der Waals surface area contributed by atoms with Crippen molar-refractivity contribution in [3.8, 4) is 5.75 Å². The molecule has 1 saturated heterocycles. The quantitative estimate of drug-likeness (QED) is 0.891. The molecule has 1 aromatic heterocycles. The Labute approximate surface area is 155 Å². The van der Waals surface area contributed by atoms with Crippen molar-refractivity contribution in [1.82, 2.24) is 9.88 Å². The molecule has 0 aliphatic carbocycles. The number of phenolic OH excluding ortho intramolecular Hbond substituents is 1. The molecule has 0 unspecified atom stereocenters. The largest absolute Gasteiger partial charge is 0.508 e. The van der Waals surface area contributed by atoms with Crippen LogP contribution in [0.4, 0.5) is 19.0 Å². The maximum absolute atomic E-state index is 12.7. The number of aromatic nitrogens is 1. The Bertz CT molecular complexity index is 776. The van der Waals surface area contributed by atoms with E-state index in [0.29, 0.717) is 38.4 Å². The number of halogens is 3. The highest BCUT2D eigenvalue weighted by Gasteiger charge is 2.31. The highest BCUT2D eigenvalue weighted by molar-refractivity contribution is 5.79. The SMILES string of the molecule is O=C(Cc1ccc(O)cc1)N1CCCN(c2ccc(C(F)(F)F)cn2)CC1. The van der Waals surface area contributed by atoms with Crippen LogP contribution >= 0.6 is 0 Å². The number of rotatable bonds is 3. The molecule has 0 atom stereocenters. The van der Waals surface area contributed by atoms with Crippen LogP contribution in [0.1, 0.15) is 17.5 Å². The van der Waals surface area contributed by atoms with Crippen LogP contribution in [0.3, 0.4) is 0 Å². The molecular formula is C19H20F3N3O2. The third-order valence-electron chi connectivity index (χ3n) is 4.54. The number of hydrogen-bond acceptors (Lipinski definition) is 4. The lowest BCUT2D eigenvalue weighted by Gasteiger charge is -2.23. The summed E-state index contributed by atoms with van der Waals surface area (Å²) in [5.74, 6) is 0.624. The molecule has 1 aliphatic rings. The monoisotopic (exact) mass is 379 g/mol. The lowest BCUT2D eigenvalue weighted by Crippen LogP contribution is -2.36. The van der Waals surface area contributed by atoms with Crippen molar-refractivity contribution in [3.05, 3.63) is 53.7 Å². The Hall–Kier alpha value is -2.77. The van der Waals surface area contributed by atoms with Crippen molar-refractivity contribution >= 4 is 11.7 Å². The van der Waals surface area contributed by atoms with Gasteiger partial charge in [0.25, 0.3) is 0 Å². The van der Waals surface area contributed by atoms with Crippen LogP contribution in [0.15, 0.2) is 42.6 Å². The minimum atomic E-state index is -4.40. The standard InChI is InChI=1S/C19H20F3N3O2/c20-19(21,22)15-4-7-17(23-13-15)24-8-1-9-25(11-10-24)18(27)12-14-2-5-16(26)6-3-14/h2-7,13,26H,1,8-12H2. The maximum Gasteiger partial charge on any atom is 0.417 e. The van der Waals surface area contributed by atoms with Gasteiger partial charge in [-0.3, -0.25) is 4.79 Å². The van der Waals surface area contributed by atoms with E-state index < -0.39 is 11.7 Å². The van der Waals surface area contributed by atoms with Crippen molar-refractivity contribution < 1.29 is 23.1 Å². The van der Waals surface area contributed by atoms with Gasteiger partial charge in [0.05, 0.1) is 12.0 Å². The molecule has 2 aromatic rings. The van der Waals surface area contributed by atoms with Crippen LogP contribution in [-0.2, 0) is 17.4 Å². The Kier molecular flexibility index (Phi) is 5.53. The van der Waals surface area contributed by atoms with Crippen molar-refractivity contribution in [2.24, 2.45) is 0 Å². The zero-order valence-electron chi connectivity index (χ0n) is 14.6. The highest BCUT2D eigenvalue weighted by Crippen LogP contribution is 2.29. The van der Waals surface area contributed by atoms with E-state index in [1.807, 2.05) is 4.90 Å². The van der Waals surface area contributed by atoms with Crippen LogP contribution in [0.25, 0.3) is 0 Å². The average Bonchev–Trinajstić information content (AvgIpc) is 2.89. The van der Waals surface area contributed by atoms with Crippen LogP contribution < -0.4 is 4.90 Å². The van der Waals surface area contributed by atoms with Gasteiger partial charge in [0.15, 0.2) is 0 Å². The molecule has 1 aliphatic heterocycles. The summed E-state index contributed by atoms with van der Waals surface area (Å²) < 4.78 is 38.0. The number of amides is 1. The van der Waals surface area contributed by atoms with Crippen molar-refractivity contribution in [2.75, 3.05) is 31.1 Å². The van der Waals surface area contributed by atoms with Gasteiger partial charge >= 0.3 is 6.18 Å². The summed E-state index contributed by atoms with van der Waals surface area (Å²) in [6, 6.07) is 8.91. The molecule has 144 valence electrons. The molecule has 1 aromatic carbocycles. The van der Waals surface area contributed by atoms with Crippen molar-refractivity contribution in [1.29, 1.82) is 0 Å². The van der Waals surface area contributed by atoms with Gasteiger partial charge in [-0.1, -0.05) is 12.1 Å². The molecule has 3 rings (SSSR count). The fourth-order valence-electron chi connectivity index (χ4n) is 3.04. The summed E-state index contributed by atoms with van der Waals surface area (Å²) in [6.07, 6.45) is -2.60. The zero-order chi connectivity index (χ0) is 19.4. The smallest absolute Gasteiger partial charge is 0.417 e. The maximum atomic E-state index is 12.7. The van der Waals surface area contributed by atoms with Gasteiger partial charge in [-0.2, -0.15) is 13.2 Å². The molecule has 0 bridgehead atoms. The number of benzene rings is 1. The second-order valence-corrected chi connectivity index (χ2v) is 6.47. The fourth-order valence-corrected chi connectivity index (χ4v) is 3.04. The van der Waals surface area contributed by atoms with E-state index in [1.54, 1.807) is 29.2 Å². The van der Waals surface area contributed by atoms with Gasteiger partial charge in [0.2, 0.25) is 5.91 Å². The number of pyridine rings is 1. The number of nitrogens with zero attached hydrogens (tertiary/aromatic N) is 3. The Morgan fingerprint density at radius 3 is 2.41 bits per heavy atom. The highest BCUT2D eigenvalue weighted by atomic mass is 19.4. The van der Waals surface area contributed by atoms with Gasteiger partial charge in [-0.05, 0) is 36.2 Å². The minimum Gasteiger partial charge on any atom is -0.508 e. The first-order valence-electron chi connectivity index (χ1n) is 8.67. The van der Waals surface area contributed by atoms with Crippen LogP contribution in [0.2, 0.25) is 0 Å². The number of hydrogen-bond donors (Lipinski definition) is 1. The average molecular weight is 379 g/mol. The first-order chi connectivity index (χ1) is 12.8. The number of anilines is 1. The Morgan fingerprint density at radius 2 is 1.78 bits per heavy atom. The second-order valence-electron chi connectivity index (χ2n) is 6.47. The van der Waals surface area contributed by atoms with Crippen LogP contribution in [0.5, 0.6) is 5.75 Å². The van der Waals surface area contributed by atoms with Gasteiger partial charge < -0.3 is 14.9 Å². The van der Waals surface area contributed by atoms with E-state index in [0.717, 1.165) is 17.8 Å². The van der Waals surface area contributed by atoms with E-state index in [-0.39, 0.29) is 18.1 Å². The summed E-state index contributed by atoms with van der Waals surface area (Å²) in [5.41, 5.74) is 0.0510. The summed E-state index contributed by atoms with van der Waals surface area (Å²) >= 11 is 0. The van der Waals surface area contributed by atoms with Crippen LogP contribution in [-0.4, -0.2) is 47.1 Å². The molecular weight excluding hydrogens is 359 g/mol. The van der Waals surface area contributed by atoms with Crippen LogP contribution in [0, 0.1) is 0 Å². The number of alkyl halides is 3. The van der Waals surface area contributed by atoms with E-state index >= 15 is 0 Å². The molecule has 2 heterocycles. The molecule has 1 N–H and O–H groups in total. The van der Waals surface area contributed by atoms with Gasteiger partial charge in [-0.15, -0.1) is 0 Å². The molecule has 27 heavy (non-hydrogen) atoms. The molecule has 8 heteroatoms. The summed E-state index contributed by atoms with van der Waals surface area (Å²) in [7, 11) is 0. The number of aromatic hydroxyl groups is 1. The molecule has 1 amide bonds. The third kappa shape index (κ3) is 4.90. The lowest BCUT2D eigenvalue weighted by atomic mass is 10.1.